The molecule has 0 bridgehead atoms. The molecule has 0 saturated carbocycles. The Kier molecular flexibility index (Phi) is 2.60. The SMILES string of the molecule is Nc1cn(-c2cc([N+](=O)[O-])cc([N+](=O)[O-])c2)nn1. The van der Waals surface area contributed by atoms with E-state index in [1.54, 1.807) is 0 Å². The van der Waals surface area contributed by atoms with Crippen LogP contribution in [0.5, 0.6) is 0 Å². The Morgan fingerprint density at radius 2 is 1.67 bits per heavy atom. The van der Waals surface area contributed by atoms with Gasteiger partial charge in [0.1, 0.15) is 0 Å². The van der Waals surface area contributed by atoms with Gasteiger partial charge in [-0.25, -0.2) is 4.68 Å². The van der Waals surface area contributed by atoms with Crippen molar-refractivity contribution in [3.8, 4) is 5.69 Å². The van der Waals surface area contributed by atoms with Gasteiger partial charge in [0.15, 0.2) is 5.82 Å². The number of aromatic nitrogens is 3. The van der Waals surface area contributed by atoms with Crippen LogP contribution >= 0.6 is 0 Å². The van der Waals surface area contributed by atoms with Gasteiger partial charge in [0.05, 0.1) is 27.8 Å². The Morgan fingerprint density at radius 1 is 1.11 bits per heavy atom. The Labute approximate surface area is 98.9 Å². The third-order valence-electron chi connectivity index (χ3n) is 2.08. The Balaban J connectivity index is 2.60. The first-order valence-electron chi connectivity index (χ1n) is 4.59. The van der Waals surface area contributed by atoms with E-state index >= 15 is 0 Å². The van der Waals surface area contributed by atoms with Crippen molar-refractivity contribution in [2.75, 3.05) is 5.73 Å². The highest BCUT2D eigenvalue weighted by Gasteiger charge is 2.17. The van der Waals surface area contributed by atoms with Gasteiger partial charge in [0, 0.05) is 12.1 Å². The summed E-state index contributed by atoms with van der Waals surface area (Å²) >= 11 is 0. The molecule has 10 nitrogen and oxygen atoms in total. The zero-order chi connectivity index (χ0) is 13.3. The number of hydrogen-bond acceptors (Lipinski definition) is 7. The molecule has 0 aliphatic carbocycles. The van der Waals surface area contributed by atoms with Crippen LogP contribution in [0.3, 0.4) is 0 Å². The van der Waals surface area contributed by atoms with Crippen molar-refractivity contribution in [2.24, 2.45) is 0 Å². The first-order chi connectivity index (χ1) is 8.47. The maximum absolute atomic E-state index is 10.7. The largest absolute Gasteiger partial charge is 0.381 e. The Bertz CT molecular complexity index is 604. The summed E-state index contributed by atoms with van der Waals surface area (Å²) in [7, 11) is 0. The van der Waals surface area contributed by atoms with E-state index in [2.05, 4.69) is 10.3 Å². The number of anilines is 1. The van der Waals surface area contributed by atoms with Crippen molar-refractivity contribution in [2.45, 2.75) is 0 Å². The van der Waals surface area contributed by atoms with E-state index in [1.165, 1.54) is 6.20 Å². The molecule has 10 heteroatoms. The van der Waals surface area contributed by atoms with Crippen LogP contribution in [0, 0.1) is 20.2 Å². The second kappa shape index (κ2) is 4.08. The highest BCUT2D eigenvalue weighted by Crippen LogP contribution is 2.24. The summed E-state index contributed by atoms with van der Waals surface area (Å²) in [6, 6.07) is 3.14. The molecular formula is C8H6N6O4. The standard InChI is InChI=1S/C8H6N6O4/c9-8-4-12(11-10-8)5-1-6(13(15)16)3-7(2-5)14(17)18/h1-4H,9H2. The minimum absolute atomic E-state index is 0.101. The highest BCUT2D eigenvalue weighted by atomic mass is 16.6. The van der Waals surface area contributed by atoms with Crippen molar-refractivity contribution >= 4 is 17.2 Å². The first kappa shape index (κ1) is 11.4. The summed E-state index contributed by atoms with van der Waals surface area (Å²) < 4.78 is 1.12. The topological polar surface area (TPSA) is 143 Å². The molecule has 0 saturated heterocycles. The minimum Gasteiger partial charge on any atom is -0.381 e. The number of hydrogen-bond donors (Lipinski definition) is 1. The van der Waals surface area contributed by atoms with Gasteiger partial charge in [0.2, 0.25) is 0 Å². The predicted octanol–water partition coefficient (Wildman–Crippen LogP) is 0.666. The molecule has 0 atom stereocenters. The minimum atomic E-state index is -0.725. The number of rotatable bonds is 3. The van der Waals surface area contributed by atoms with Gasteiger partial charge in [-0.05, 0) is 0 Å². The lowest BCUT2D eigenvalue weighted by molar-refractivity contribution is -0.394. The van der Waals surface area contributed by atoms with Crippen LogP contribution in [0.25, 0.3) is 5.69 Å². The van der Waals surface area contributed by atoms with E-state index in [-0.39, 0.29) is 11.5 Å². The number of nitrogens with two attached hydrogens (primary N) is 1. The smallest absolute Gasteiger partial charge is 0.278 e. The van der Waals surface area contributed by atoms with Gasteiger partial charge in [0.25, 0.3) is 11.4 Å². The number of nitro groups is 2. The van der Waals surface area contributed by atoms with Gasteiger partial charge in [-0.3, -0.25) is 20.2 Å². The molecule has 0 fully saturated rings. The second-order valence-electron chi connectivity index (χ2n) is 3.31. The van der Waals surface area contributed by atoms with Gasteiger partial charge in [-0.15, -0.1) is 5.10 Å². The number of non-ortho nitro benzene ring substituents is 2. The molecule has 1 aromatic heterocycles. The second-order valence-corrected chi connectivity index (χ2v) is 3.31. The third kappa shape index (κ3) is 2.07. The van der Waals surface area contributed by atoms with Crippen LogP contribution < -0.4 is 5.73 Å². The lowest BCUT2D eigenvalue weighted by atomic mass is 10.2. The van der Waals surface area contributed by atoms with Gasteiger partial charge < -0.3 is 5.73 Å². The summed E-state index contributed by atoms with van der Waals surface area (Å²) in [5.41, 5.74) is 4.67. The van der Waals surface area contributed by atoms with E-state index < -0.39 is 21.2 Å². The Morgan fingerprint density at radius 3 is 2.06 bits per heavy atom. The van der Waals surface area contributed by atoms with Crippen LogP contribution in [0.1, 0.15) is 0 Å². The van der Waals surface area contributed by atoms with Crippen molar-refractivity contribution in [3.63, 3.8) is 0 Å². The summed E-state index contributed by atoms with van der Waals surface area (Å²) in [5.74, 6) is 0.101. The Hall–Kier alpha value is -3.04. The van der Waals surface area contributed by atoms with Gasteiger partial charge >= 0.3 is 0 Å². The number of nitrogen functional groups attached to an aromatic ring is 1. The number of nitro benzene ring substituents is 2. The fourth-order valence-electron chi connectivity index (χ4n) is 1.33. The molecule has 0 amide bonds. The van der Waals surface area contributed by atoms with Crippen molar-refractivity contribution in [1.29, 1.82) is 0 Å². The van der Waals surface area contributed by atoms with E-state index in [9.17, 15) is 20.2 Å². The van der Waals surface area contributed by atoms with Crippen LogP contribution in [0.4, 0.5) is 17.2 Å². The maximum Gasteiger partial charge on any atom is 0.278 e. The van der Waals surface area contributed by atoms with E-state index in [0.29, 0.717) is 0 Å². The first-order valence-corrected chi connectivity index (χ1v) is 4.59. The number of nitrogens with zero attached hydrogens (tertiary/aromatic N) is 5. The zero-order valence-corrected chi connectivity index (χ0v) is 8.76. The highest BCUT2D eigenvalue weighted by molar-refractivity contribution is 5.53. The molecule has 0 spiro atoms. The zero-order valence-electron chi connectivity index (χ0n) is 8.76. The molecule has 2 aromatic rings. The molecule has 1 aromatic carbocycles. The van der Waals surface area contributed by atoms with Crippen molar-refractivity contribution < 1.29 is 9.85 Å². The average molecular weight is 250 g/mol. The monoisotopic (exact) mass is 250 g/mol. The third-order valence-corrected chi connectivity index (χ3v) is 2.08. The van der Waals surface area contributed by atoms with Crippen LogP contribution in [0.2, 0.25) is 0 Å². The summed E-state index contributed by atoms with van der Waals surface area (Å²) in [4.78, 5) is 19.9. The molecular weight excluding hydrogens is 244 g/mol. The molecule has 18 heavy (non-hydrogen) atoms. The molecule has 2 rings (SSSR count). The predicted molar refractivity (Wildman–Crippen MR) is 59.1 cm³/mol. The summed E-state index contributed by atoms with van der Waals surface area (Å²) in [6.07, 6.45) is 1.29. The molecule has 1 heterocycles. The molecule has 0 unspecified atom stereocenters. The van der Waals surface area contributed by atoms with Crippen LogP contribution in [-0.2, 0) is 0 Å². The van der Waals surface area contributed by atoms with E-state index in [4.69, 9.17) is 5.73 Å². The van der Waals surface area contributed by atoms with E-state index in [1.807, 2.05) is 0 Å². The van der Waals surface area contributed by atoms with E-state index in [0.717, 1.165) is 22.9 Å². The summed E-state index contributed by atoms with van der Waals surface area (Å²) in [6.45, 7) is 0. The van der Waals surface area contributed by atoms with Crippen molar-refractivity contribution in [1.82, 2.24) is 15.0 Å². The fourth-order valence-corrected chi connectivity index (χ4v) is 1.33. The lowest BCUT2D eigenvalue weighted by Gasteiger charge is -2.00. The lowest BCUT2D eigenvalue weighted by Crippen LogP contribution is -1.99. The maximum atomic E-state index is 10.7. The summed E-state index contributed by atoms with van der Waals surface area (Å²) in [5, 5.41) is 28.4. The average Bonchev–Trinajstić information content (AvgIpc) is 2.75. The molecule has 2 N–H and O–H groups in total. The van der Waals surface area contributed by atoms with Crippen molar-refractivity contribution in [3.05, 3.63) is 44.6 Å². The van der Waals surface area contributed by atoms with Crippen LogP contribution in [0.15, 0.2) is 24.4 Å². The molecule has 0 aliphatic heterocycles. The molecule has 92 valence electrons. The molecule has 0 radical (unpaired) electrons. The quantitative estimate of drug-likeness (QED) is 0.622. The normalized spacial score (nSPS) is 10.2. The van der Waals surface area contributed by atoms with Gasteiger partial charge in [-0.2, -0.15) is 0 Å². The van der Waals surface area contributed by atoms with Gasteiger partial charge in [-0.1, -0.05) is 5.21 Å². The number of benzene rings is 1. The fraction of sp³-hybridized carbons (Fsp3) is 0. The molecule has 0 aliphatic rings. The van der Waals surface area contributed by atoms with Crippen LogP contribution in [-0.4, -0.2) is 24.8 Å².